The molecule has 0 aliphatic heterocycles. The lowest BCUT2D eigenvalue weighted by atomic mass is 10.2. The van der Waals surface area contributed by atoms with Crippen LogP contribution in [0.5, 0.6) is 0 Å². The Bertz CT molecular complexity index is 596. The van der Waals surface area contributed by atoms with Gasteiger partial charge in [0.25, 0.3) is 0 Å². The van der Waals surface area contributed by atoms with Crippen LogP contribution in [0.2, 0.25) is 0 Å². The molecule has 15 heavy (non-hydrogen) atoms. The Kier molecular flexibility index (Phi) is 2.28. The number of benzene rings is 1. The van der Waals surface area contributed by atoms with E-state index in [0.717, 1.165) is 10.9 Å². The van der Waals surface area contributed by atoms with E-state index in [0.29, 0.717) is 0 Å². The second-order valence-corrected chi connectivity index (χ2v) is 3.02. The van der Waals surface area contributed by atoms with Crippen molar-refractivity contribution in [2.24, 2.45) is 0 Å². The molecule has 3 nitrogen and oxygen atoms in total. The largest absolute Gasteiger partial charge is 0.351 e. The highest BCUT2D eigenvalue weighted by Crippen LogP contribution is 2.08. The van der Waals surface area contributed by atoms with Crippen molar-refractivity contribution in [2.75, 3.05) is 0 Å². The summed E-state index contributed by atoms with van der Waals surface area (Å²) in [6.45, 7) is 0. The number of hydrogen-bond donors (Lipinski definition) is 1. The maximum Gasteiger partial charge on any atom is 0.351 e. The Morgan fingerprint density at radius 3 is 2.67 bits per heavy atom. The summed E-state index contributed by atoms with van der Waals surface area (Å²) in [6, 6.07) is 13.5. The zero-order chi connectivity index (χ0) is 10.7. The summed E-state index contributed by atoms with van der Waals surface area (Å²) in [5.74, 6) is 2.13. The molecule has 2 aromatic rings. The molecule has 0 unspecified atom stereocenters. The van der Waals surface area contributed by atoms with Gasteiger partial charge in [0.05, 0.1) is 5.87 Å². The predicted molar refractivity (Wildman–Crippen MR) is 57.2 cm³/mol. The van der Waals surface area contributed by atoms with Gasteiger partial charge in [0.15, 0.2) is 12.3 Å². The monoisotopic (exact) mass is 194 g/mol. The molecule has 0 aliphatic carbocycles. The summed E-state index contributed by atoms with van der Waals surface area (Å²) in [6.07, 6.45) is 1.75. The highest BCUT2D eigenvalue weighted by molar-refractivity contribution is 5.84. The lowest BCUT2D eigenvalue weighted by Crippen LogP contribution is -2.32. The first-order chi connectivity index (χ1) is 7.36. The predicted octanol–water partition coefficient (Wildman–Crippen LogP) is 1.74. The molecule has 0 amide bonds. The minimum atomic E-state index is 0.187. The van der Waals surface area contributed by atoms with Crippen LogP contribution in [0.3, 0.4) is 0 Å². The molecule has 0 bridgehead atoms. The molecule has 1 aromatic heterocycles. The summed E-state index contributed by atoms with van der Waals surface area (Å²) in [4.78, 5) is 0. The normalized spacial score (nSPS) is 9.27. The summed E-state index contributed by atoms with van der Waals surface area (Å²) in [7, 11) is 0. The van der Waals surface area contributed by atoms with Crippen molar-refractivity contribution in [3.63, 3.8) is 0 Å². The molecule has 1 heterocycles. The lowest BCUT2D eigenvalue weighted by molar-refractivity contribution is -0.546. The molecular weight excluding hydrogens is 186 g/mol. The van der Waals surface area contributed by atoms with Crippen molar-refractivity contribution in [2.45, 2.75) is 0 Å². The average Bonchev–Trinajstić information content (AvgIpc) is 2.31. The number of rotatable bonds is 1. The third kappa shape index (κ3) is 1.50. The van der Waals surface area contributed by atoms with Gasteiger partial charge < -0.3 is 0 Å². The second-order valence-electron chi connectivity index (χ2n) is 3.02. The molecule has 0 radical (unpaired) electrons. The number of pyridine rings is 1. The molecule has 1 aromatic carbocycles. The zero-order valence-electron chi connectivity index (χ0n) is 7.94. The highest BCUT2D eigenvalue weighted by Gasteiger charge is 2.13. The van der Waals surface area contributed by atoms with Gasteiger partial charge in [-0.2, -0.15) is 5.26 Å². The molecule has 0 aliphatic rings. The van der Waals surface area contributed by atoms with Crippen LogP contribution in [-0.2, 0) is 0 Å². The molecule has 0 fully saturated rings. The van der Waals surface area contributed by atoms with E-state index in [1.54, 1.807) is 10.8 Å². The zero-order valence-corrected chi connectivity index (χ0v) is 7.94. The average molecular weight is 194 g/mol. The Hall–Kier alpha value is -2.43. The van der Waals surface area contributed by atoms with E-state index >= 15 is 0 Å². The van der Waals surface area contributed by atoms with Gasteiger partial charge in [0.1, 0.15) is 0 Å². The number of allylic oxidation sites excluding steroid dienone is 1. The van der Waals surface area contributed by atoms with Gasteiger partial charge in [-0.05, 0) is 12.1 Å². The van der Waals surface area contributed by atoms with E-state index in [4.69, 9.17) is 10.7 Å². The molecule has 0 saturated heterocycles. The maximum atomic E-state index is 8.85. The number of nitrogens with one attached hydrogen (secondary N) is 1. The number of nitrogens with zero attached hydrogens (tertiary/aromatic N) is 2. The van der Waals surface area contributed by atoms with Crippen LogP contribution in [0.4, 0.5) is 0 Å². The molecule has 3 heteroatoms. The summed E-state index contributed by atoms with van der Waals surface area (Å²) >= 11 is 0. The maximum absolute atomic E-state index is 8.85. The van der Waals surface area contributed by atoms with Crippen LogP contribution < -0.4 is 4.57 Å². The van der Waals surface area contributed by atoms with E-state index < -0.39 is 0 Å². The van der Waals surface area contributed by atoms with E-state index in [9.17, 15) is 0 Å². The third-order valence-corrected chi connectivity index (χ3v) is 2.17. The van der Waals surface area contributed by atoms with Crippen LogP contribution >= 0.6 is 0 Å². The van der Waals surface area contributed by atoms with Crippen LogP contribution in [0.1, 0.15) is 0 Å². The molecule has 2 rings (SSSR count). The van der Waals surface area contributed by atoms with Gasteiger partial charge in [0.2, 0.25) is 5.52 Å². The molecular formula is C12H8N3+. The molecule has 0 saturated carbocycles. The fourth-order valence-electron chi connectivity index (χ4n) is 1.50. The first-order valence-electron chi connectivity index (χ1n) is 4.46. The number of aromatic nitrogens is 1. The van der Waals surface area contributed by atoms with Crippen molar-refractivity contribution in [1.29, 1.82) is 10.7 Å². The van der Waals surface area contributed by atoms with Gasteiger partial charge in [-0.25, -0.2) is 0 Å². The quantitative estimate of drug-likeness (QED) is 0.419. The number of hydrogen-bond acceptors (Lipinski definition) is 2. The van der Waals surface area contributed by atoms with Crippen molar-refractivity contribution in [3.8, 4) is 6.07 Å². The Balaban J connectivity index is 2.83. The minimum Gasteiger partial charge on any atom is -0.252 e. The number of para-hydroxylation sites is 1. The standard InChI is InChI=1S/C12H8N3/c13-8-11(9-14)15-7-3-5-10-4-1-2-6-12(10)15/h1-7,13H/q+1. The summed E-state index contributed by atoms with van der Waals surface area (Å²) < 4.78 is 1.66. The fraction of sp³-hybridized carbons (Fsp3) is 0. The Morgan fingerprint density at radius 2 is 1.93 bits per heavy atom. The van der Waals surface area contributed by atoms with Crippen LogP contribution in [-0.4, -0.2) is 5.87 Å². The van der Waals surface area contributed by atoms with Gasteiger partial charge >= 0.3 is 5.70 Å². The fourth-order valence-corrected chi connectivity index (χ4v) is 1.50. The van der Waals surface area contributed by atoms with Crippen LogP contribution in [0, 0.1) is 16.7 Å². The smallest absolute Gasteiger partial charge is 0.252 e. The van der Waals surface area contributed by atoms with Crippen LogP contribution in [0.15, 0.2) is 42.6 Å². The van der Waals surface area contributed by atoms with Crippen molar-refractivity contribution in [3.05, 3.63) is 42.6 Å². The first kappa shape index (κ1) is 9.14. The molecule has 0 atom stereocenters. The SMILES string of the molecule is N#CC(=C=N)[n+]1cccc2ccccc21. The third-order valence-electron chi connectivity index (χ3n) is 2.17. The highest BCUT2D eigenvalue weighted by atomic mass is 15.0. The summed E-state index contributed by atoms with van der Waals surface area (Å²) in [5.41, 5.74) is 1.09. The minimum absolute atomic E-state index is 0.187. The molecule has 0 spiro atoms. The van der Waals surface area contributed by atoms with E-state index in [1.165, 1.54) is 0 Å². The first-order valence-corrected chi connectivity index (χ1v) is 4.46. The van der Waals surface area contributed by atoms with Crippen molar-refractivity contribution in [1.82, 2.24) is 0 Å². The van der Waals surface area contributed by atoms with Crippen LogP contribution in [0.25, 0.3) is 16.6 Å². The van der Waals surface area contributed by atoms with Gasteiger partial charge in [0, 0.05) is 17.5 Å². The number of nitriles is 1. The Labute approximate surface area is 87.0 Å². The second kappa shape index (κ2) is 3.75. The lowest BCUT2D eigenvalue weighted by Gasteiger charge is -1.95. The Morgan fingerprint density at radius 1 is 1.20 bits per heavy atom. The molecule has 1 N–H and O–H groups in total. The van der Waals surface area contributed by atoms with E-state index in [2.05, 4.69) is 5.87 Å². The topological polar surface area (TPSA) is 51.5 Å². The van der Waals surface area contributed by atoms with E-state index in [-0.39, 0.29) is 5.70 Å². The summed E-state index contributed by atoms with van der Waals surface area (Å²) in [5, 5.41) is 16.9. The van der Waals surface area contributed by atoms with Crippen molar-refractivity contribution < 1.29 is 4.57 Å². The van der Waals surface area contributed by atoms with Crippen molar-refractivity contribution >= 4 is 22.5 Å². The molecule has 70 valence electrons. The van der Waals surface area contributed by atoms with Gasteiger partial charge in [-0.15, -0.1) is 4.57 Å². The van der Waals surface area contributed by atoms with E-state index in [1.807, 2.05) is 42.5 Å². The number of fused-ring (bicyclic) bond motifs is 1. The van der Waals surface area contributed by atoms with Gasteiger partial charge in [-0.3, -0.25) is 5.41 Å². The van der Waals surface area contributed by atoms with Gasteiger partial charge in [-0.1, -0.05) is 12.1 Å².